The molecule has 104 valence electrons. The molecule has 0 aromatic rings. The van der Waals surface area contributed by atoms with Crippen molar-refractivity contribution in [3.63, 3.8) is 0 Å². The van der Waals surface area contributed by atoms with E-state index >= 15 is 0 Å². The van der Waals surface area contributed by atoms with Crippen molar-refractivity contribution in [2.45, 2.75) is 57.5 Å². The molecule has 1 aliphatic rings. The fraction of sp³-hybridized carbons (Fsp3) is 0.833. The summed E-state index contributed by atoms with van der Waals surface area (Å²) >= 11 is 1.50. The van der Waals surface area contributed by atoms with Crippen molar-refractivity contribution >= 4 is 23.8 Å². The van der Waals surface area contributed by atoms with Crippen LogP contribution in [0, 0.1) is 0 Å². The van der Waals surface area contributed by atoms with E-state index in [2.05, 4.69) is 12.2 Å². The molecule has 0 aromatic heterocycles. The lowest BCUT2D eigenvalue weighted by Gasteiger charge is -2.27. The summed E-state index contributed by atoms with van der Waals surface area (Å²) in [5, 5.41) is 11.9. The van der Waals surface area contributed by atoms with E-state index in [9.17, 15) is 9.59 Å². The fourth-order valence-electron chi connectivity index (χ4n) is 2.01. The van der Waals surface area contributed by atoms with Gasteiger partial charge >= 0.3 is 12.0 Å². The molecule has 18 heavy (non-hydrogen) atoms. The Kier molecular flexibility index (Phi) is 5.78. The second-order valence-corrected chi connectivity index (χ2v) is 6.04. The Bertz CT molecular complexity index is 312. The molecule has 1 fully saturated rings. The molecular formula is C12H22N2O3S. The molecule has 0 radical (unpaired) electrons. The van der Waals surface area contributed by atoms with E-state index in [0.717, 1.165) is 19.3 Å². The largest absolute Gasteiger partial charge is 0.480 e. The number of thioether (sulfide) groups is 1. The molecule has 6 heteroatoms. The van der Waals surface area contributed by atoms with Gasteiger partial charge in [0.25, 0.3) is 0 Å². The molecule has 0 spiro atoms. The minimum Gasteiger partial charge on any atom is -0.480 e. The Labute approximate surface area is 112 Å². The average molecular weight is 274 g/mol. The molecule has 2 amide bonds. The number of rotatable bonds is 5. The molecule has 1 heterocycles. The van der Waals surface area contributed by atoms with Gasteiger partial charge in [-0.05, 0) is 20.3 Å². The monoisotopic (exact) mass is 274 g/mol. The van der Waals surface area contributed by atoms with Crippen molar-refractivity contribution in [3.05, 3.63) is 0 Å². The minimum atomic E-state index is -0.928. The van der Waals surface area contributed by atoms with E-state index in [1.807, 2.05) is 13.8 Å². The summed E-state index contributed by atoms with van der Waals surface area (Å²) in [5.41, 5.74) is 0. The molecular weight excluding hydrogens is 252 g/mol. The van der Waals surface area contributed by atoms with Crippen LogP contribution in [0.25, 0.3) is 0 Å². The summed E-state index contributed by atoms with van der Waals surface area (Å²) in [7, 11) is 0. The maximum atomic E-state index is 12.1. The molecule has 0 saturated carbocycles. The van der Waals surface area contributed by atoms with Crippen LogP contribution < -0.4 is 5.32 Å². The topological polar surface area (TPSA) is 69.6 Å². The minimum absolute atomic E-state index is 0.0792. The number of nitrogens with zero attached hydrogens (tertiary/aromatic N) is 1. The quantitative estimate of drug-likeness (QED) is 0.805. The molecule has 0 bridgehead atoms. The van der Waals surface area contributed by atoms with Crippen molar-refractivity contribution in [3.8, 4) is 0 Å². The zero-order valence-corrected chi connectivity index (χ0v) is 12.0. The van der Waals surface area contributed by atoms with Crippen LogP contribution in [0.3, 0.4) is 0 Å². The summed E-state index contributed by atoms with van der Waals surface area (Å²) in [5.74, 6) is -0.462. The first-order chi connectivity index (χ1) is 8.47. The highest BCUT2D eigenvalue weighted by molar-refractivity contribution is 8.00. The molecule has 3 atom stereocenters. The molecule has 1 aliphatic heterocycles. The Balaban J connectivity index is 2.55. The van der Waals surface area contributed by atoms with Gasteiger partial charge in [-0.2, -0.15) is 0 Å². The summed E-state index contributed by atoms with van der Waals surface area (Å²) < 4.78 is 0. The van der Waals surface area contributed by atoms with Crippen LogP contribution in [0.5, 0.6) is 0 Å². The molecule has 0 aliphatic carbocycles. The Hall–Kier alpha value is -0.910. The number of carboxylic acid groups (broad SMARTS) is 1. The number of carbonyl (C=O) groups excluding carboxylic acids is 1. The van der Waals surface area contributed by atoms with Gasteiger partial charge in [0, 0.05) is 11.8 Å². The molecule has 0 aromatic carbocycles. The van der Waals surface area contributed by atoms with Gasteiger partial charge in [-0.3, -0.25) is 4.90 Å². The fourth-order valence-corrected chi connectivity index (χ4v) is 3.18. The van der Waals surface area contributed by atoms with E-state index in [1.54, 1.807) is 0 Å². The maximum absolute atomic E-state index is 12.1. The zero-order valence-electron chi connectivity index (χ0n) is 11.2. The van der Waals surface area contributed by atoms with Gasteiger partial charge in [0.15, 0.2) is 0 Å². The number of hydrogen-bond donors (Lipinski definition) is 2. The van der Waals surface area contributed by atoms with Gasteiger partial charge in [-0.1, -0.05) is 19.8 Å². The van der Waals surface area contributed by atoms with Gasteiger partial charge in [-0.25, -0.2) is 9.59 Å². The number of carboxylic acids is 1. The van der Waals surface area contributed by atoms with Crippen LogP contribution in [0.4, 0.5) is 4.79 Å². The normalized spacial score (nSPS) is 24.9. The smallest absolute Gasteiger partial charge is 0.327 e. The van der Waals surface area contributed by atoms with Gasteiger partial charge in [-0.15, -0.1) is 11.8 Å². The zero-order chi connectivity index (χ0) is 13.7. The molecule has 3 unspecified atom stereocenters. The van der Waals surface area contributed by atoms with E-state index in [1.165, 1.54) is 16.7 Å². The first kappa shape index (κ1) is 15.1. The van der Waals surface area contributed by atoms with Gasteiger partial charge in [0.1, 0.15) is 6.04 Å². The maximum Gasteiger partial charge on any atom is 0.327 e. The second kappa shape index (κ2) is 6.87. The summed E-state index contributed by atoms with van der Waals surface area (Å²) in [6, 6.07) is -0.878. The highest BCUT2D eigenvalue weighted by Gasteiger charge is 2.39. The standard InChI is InChI=1S/C12H22N2O3S/c1-4-5-6-8(2)13-12(17)14-9(3)18-7-10(14)11(15)16/h8-10H,4-7H2,1-3H3,(H,13,17)(H,15,16). The first-order valence-corrected chi connectivity index (χ1v) is 7.45. The van der Waals surface area contributed by atoms with Crippen molar-refractivity contribution < 1.29 is 14.7 Å². The Morgan fingerprint density at radius 1 is 1.56 bits per heavy atom. The molecule has 2 N–H and O–H groups in total. The number of aliphatic carboxylic acids is 1. The summed E-state index contributed by atoms with van der Waals surface area (Å²) in [6.45, 7) is 5.93. The Morgan fingerprint density at radius 3 is 2.78 bits per heavy atom. The lowest BCUT2D eigenvalue weighted by molar-refractivity contribution is -0.141. The van der Waals surface area contributed by atoms with Crippen molar-refractivity contribution in [1.82, 2.24) is 10.2 Å². The van der Waals surface area contributed by atoms with Gasteiger partial charge < -0.3 is 10.4 Å². The molecule has 5 nitrogen and oxygen atoms in total. The molecule has 1 rings (SSSR count). The predicted molar refractivity (Wildman–Crippen MR) is 72.7 cm³/mol. The van der Waals surface area contributed by atoms with E-state index in [-0.39, 0.29) is 17.4 Å². The highest BCUT2D eigenvalue weighted by atomic mass is 32.2. The third-order valence-electron chi connectivity index (χ3n) is 3.10. The van der Waals surface area contributed by atoms with Crippen LogP contribution in [0.2, 0.25) is 0 Å². The number of nitrogens with one attached hydrogen (secondary N) is 1. The van der Waals surface area contributed by atoms with E-state index < -0.39 is 12.0 Å². The van der Waals surface area contributed by atoms with Gasteiger partial charge in [0.2, 0.25) is 0 Å². The summed E-state index contributed by atoms with van der Waals surface area (Å²) in [4.78, 5) is 24.6. The van der Waals surface area contributed by atoms with Crippen molar-refractivity contribution in [2.75, 3.05) is 5.75 Å². The van der Waals surface area contributed by atoms with Crippen LogP contribution in [-0.2, 0) is 4.79 Å². The van der Waals surface area contributed by atoms with Gasteiger partial charge in [0.05, 0.1) is 5.37 Å². The SMILES string of the molecule is CCCCC(C)NC(=O)N1C(C)SCC1C(=O)O. The van der Waals surface area contributed by atoms with Crippen LogP contribution in [0.15, 0.2) is 0 Å². The van der Waals surface area contributed by atoms with E-state index in [0.29, 0.717) is 5.75 Å². The number of hydrogen-bond acceptors (Lipinski definition) is 3. The van der Waals surface area contributed by atoms with Crippen LogP contribution >= 0.6 is 11.8 Å². The number of amides is 2. The van der Waals surface area contributed by atoms with E-state index in [4.69, 9.17) is 5.11 Å². The average Bonchev–Trinajstić information content (AvgIpc) is 2.68. The number of carbonyl (C=O) groups is 2. The lowest BCUT2D eigenvalue weighted by atomic mass is 10.1. The highest BCUT2D eigenvalue weighted by Crippen LogP contribution is 2.28. The van der Waals surface area contributed by atoms with Crippen molar-refractivity contribution in [1.29, 1.82) is 0 Å². The second-order valence-electron chi connectivity index (χ2n) is 4.69. The molecule has 1 saturated heterocycles. The number of urea groups is 1. The third kappa shape index (κ3) is 3.80. The van der Waals surface area contributed by atoms with Crippen LogP contribution in [0.1, 0.15) is 40.0 Å². The summed E-state index contributed by atoms with van der Waals surface area (Å²) in [6.07, 6.45) is 3.08. The Morgan fingerprint density at radius 2 is 2.22 bits per heavy atom. The van der Waals surface area contributed by atoms with Crippen molar-refractivity contribution in [2.24, 2.45) is 0 Å². The third-order valence-corrected chi connectivity index (χ3v) is 4.32. The number of unbranched alkanes of at least 4 members (excludes halogenated alkanes) is 1. The predicted octanol–water partition coefficient (Wildman–Crippen LogP) is 2.12. The van der Waals surface area contributed by atoms with Crippen LogP contribution in [-0.4, -0.2) is 45.2 Å². The lowest BCUT2D eigenvalue weighted by Crippen LogP contribution is -2.51. The first-order valence-electron chi connectivity index (χ1n) is 6.40.